The number of carboxylic acids is 1. The fourth-order valence-corrected chi connectivity index (χ4v) is 5.49. The molecule has 0 aliphatic heterocycles. The van der Waals surface area contributed by atoms with E-state index in [1.165, 1.54) is 37.7 Å². The Morgan fingerprint density at radius 2 is 1.68 bits per heavy atom. The average molecular weight is 709 g/mol. The van der Waals surface area contributed by atoms with Gasteiger partial charge in [0.1, 0.15) is 4.55 Å². The first-order chi connectivity index (χ1) is 21.3. The molecule has 0 heterocycles. The number of halogens is 1. The lowest BCUT2D eigenvalue weighted by Gasteiger charge is -2.23. The van der Waals surface area contributed by atoms with Crippen molar-refractivity contribution in [3.05, 3.63) is 101 Å². The van der Waals surface area contributed by atoms with Gasteiger partial charge in [0, 0.05) is 23.4 Å². The molecule has 0 radical (unpaired) electrons. The molecular weight excluding hydrogens is 671 g/mol. The molecule has 230 valence electrons. The first-order valence-corrected chi connectivity index (χ1v) is 16.2. The van der Waals surface area contributed by atoms with Crippen molar-refractivity contribution in [3.8, 4) is 0 Å². The Hall–Kier alpha value is -4.13. The van der Waals surface area contributed by atoms with E-state index in [4.69, 9.17) is 10.8 Å². The smallest absolute Gasteiger partial charge is 0.305 e. The minimum atomic E-state index is -0.974. The fraction of sp³-hybridized carbons (Fsp3) is 0.333. The van der Waals surface area contributed by atoms with Crippen LogP contribution in [0, 0.1) is 0 Å². The van der Waals surface area contributed by atoms with Crippen LogP contribution in [-0.2, 0) is 16.0 Å². The molecule has 4 rings (SSSR count). The summed E-state index contributed by atoms with van der Waals surface area (Å²) in [6.45, 7) is 0.0518. The zero-order chi connectivity index (χ0) is 31.3. The van der Waals surface area contributed by atoms with Crippen molar-refractivity contribution in [2.45, 2.75) is 56.8 Å². The third-order valence-electron chi connectivity index (χ3n) is 7.71. The van der Waals surface area contributed by atoms with Gasteiger partial charge in [0.05, 0.1) is 12.3 Å². The molecule has 5 N–H and O–H groups in total. The first-order valence-electron chi connectivity index (χ1n) is 14.7. The van der Waals surface area contributed by atoms with Gasteiger partial charge in [-0.05, 0) is 71.4 Å². The minimum absolute atomic E-state index is 0.0518. The summed E-state index contributed by atoms with van der Waals surface area (Å²) < 4.78 is 0.469. The second-order valence-electron chi connectivity index (χ2n) is 10.8. The molecule has 0 aromatic heterocycles. The number of carboxylic acid groups (broad SMARTS) is 1. The number of rotatable bonds is 13. The largest absolute Gasteiger partial charge is 0.481 e. The van der Waals surface area contributed by atoms with Crippen molar-refractivity contribution in [2.75, 3.05) is 16.4 Å². The van der Waals surface area contributed by atoms with Gasteiger partial charge in [-0.1, -0.05) is 90.4 Å². The van der Waals surface area contributed by atoms with Crippen LogP contribution >= 0.6 is 22.6 Å². The molecule has 1 atom stereocenters. The van der Waals surface area contributed by atoms with Crippen LogP contribution in [0.25, 0.3) is 0 Å². The molecule has 0 saturated heterocycles. The molecule has 1 fully saturated rings. The van der Waals surface area contributed by atoms with Gasteiger partial charge < -0.3 is 21.5 Å². The van der Waals surface area contributed by atoms with Gasteiger partial charge >= 0.3 is 5.97 Å². The predicted octanol–water partition coefficient (Wildman–Crippen LogP) is 6.37. The van der Waals surface area contributed by atoms with E-state index in [-0.39, 0.29) is 30.6 Å². The summed E-state index contributed by atoms with van der Waals surface area (Å²) in [7, 11) is 0. The monoisotopic (exact) mass is 708 g/mol. The molecule has 11 heteroatoms. The third-order valence-corrected chi connectivity index (χ3v) is 8.01. The molecular formula is C33H37IN6O4. The molecule has 2 amide bonds. The maximum Gasteiger partial charge on any atom is 0.305 e. The number of hydrogen-bond donors (Lipinski definition) is 4. The number of nitrogens with zero attached hydrogens (tertiary/aromatic N) is 3. The number of carbonyl (C=O) groups is 3. The van der Waals surface area contributed by atoms with Crippen molar-refractivity contribution in [3.63, 3.8) is 0 Å². The molecule has 0 spiro atoms. The van der Waals surface area contributed by atoms with Crippen LogP contribution in [0.1, 0.15) is 83.0 Å². The Balaban J connectivity index is 1.54. The number of aliphatic carboxylic acids is 1. The van der Waals surface area contributed by atoms with Gasteiger partial charge in [0.25, 0.3) is 5.91 Å². The number of benzene rings is 3. The van der Waals surface area contributed by atoms with Gasteiger partial charge in [-0.25, -0.2) is 0 Å². The summed E-state index contributed by atoms with van der Waals surface area (Å²) in [6, 6.07) is 22.5. The van der Waals surface area contributed by atoms with E-state index in [9.17, 15) is 14.4 Å². The number of anilines is 1. The normalized spacial score (nSPS) is 14.7. The number of amides is 2. The second kappa shape index (κ2) is 16.6. The Bertz CT molecular complexity index is 1480. The molecule has 44 heavy (non-hydrogen) atoms. The molecule has 10 nitrogen and oxygen atoms in total. The highest BCUT2D eigenvalue weighted by atomic mass is 127. The number of nitrogens with one attached hydrogen (secondary N) is 2. The van der Waals surface area contributed by atoms with Gasteiger partial charge in [-0.15, -0.1) is 5.10 Å². The van der Waals surface area contributed by atoms with Gasteiger partial charge in [-0.2, -0.15) is 5.11 Å². The van der Waals surface area contributed by atoms with Gasteiger partial charge in [-0.3, -0.25) is 14.4 Å². The number of carbonyl (C=O) groups excluding carboxylic acids is 2. The Morgan fingerprint density at radius 1 is 0.955 bits per heavy atom. The number of hydrogen-bond acceptors (Lipinski definition) is 5. The predicted molar refractivity (Wildman–Crippen MR) is 179 cm³/mol. The highest BCUT2D eigenvalue weighted by Gasteiger charge is 2.23. The average Bonchev–Trinajstić information content (AvgIpc) is 3.04. The number of alkyl halides is 1. The summed E-state index contributed by atoms with van der Waals surface area (Å²) in [5, 5.41) is 25.9. The van der Waals surface area contributed by atoms with E-state index in [2.05, 4.69) is 72.9 Å². The van der Waals surface area contributed by atoms with E-state index in [1.54, 1.807) is 36.4 Å². The first kappa shape index (κ1) is 32.8. The zero-order valence-electron chi connectivity index (χ0n) is 24.4. The quantitative estimate of drug-likeness (QED) is 0.0309. The van der Waals surface area contributed by atoms with Crippen LogP contribution < -0.4 is 16.4 Å². The molecule has 0 bridgehead atoms. The topological polar surface area (TPSA) is 159 Å². The maximum absolute atomic E-state index is 13.8. The highest BCUT2D eigenvalue weighted by molar-refractivity contribution is 14.1. The van der Waals surface area contributed by atoms with Crippen molar-refractivity contribution in [1.29, 1.82) is 0 Å². The van der Waals surface area contributed by atoms with Crippen molar-refractivity contribution in [2.24, 2.45) is 21.2 Å². The van der Waals surface area contributed by atoms with Crippen LogP contribution in [0.3, 0.4) is 0 Å². The van der Waals surface area contributed by atoms with Crippen LogP contribution in [0.2, 0.25) is 0 Å². The van der Waals surface area contributed by atoms with Crippen LogP contribution in [0.15, 0.2) is 88.2 Å². The van der Waals surface area contributed by atoms with Crippen molar-refractivity contribution >= 4 is 51.9 Å². The molecule has 1 aliphatic carbocycles. The standard InChI is InChI=1S/C33H37IN6O4/c34-21-37-40-39-31(35)27-7-4-8-28(20-27)38-33(44)29(25-15-13-24(14-16-25)23-5-2-1-3-6-23)19-22-9-11-26(12-10-22)32(43)36-18-17-30(41)42/h4,7-16,20,23,29H,1-3,5-6,17-19,21H2,(H,36,43)(H,38,44)(H,41,42)(H2,35,37,39). The number of nitrogens with two attached hydrogens (primary N) is 1. The molecule has 1 aliphatic rings. The Labute approximate surface area is 270 Å². The third kappa shape index (κ3) is 9.69. The zero-order valence-corrected chi connectivity index (χ0v) is 26.6. The van der Waals surface area contributed by atoms with Crippen molar-refractivity contribution < 1.29 is 19.5 Å². The van der Waals surface area contributed by atoms with Gasteiger partial charge in [0.15, 0.2) is 5.84 Å². The van der Waals surface area contributed by atoms with E-state index in [1.807, 2.05) is 12.1 Å². The maximum atomic E-state index is 13.8. The van der Waals surface area contributed by atoms with Crippen molar-refractivity contribution in [1.82, 2.24) is 5.32 Å². The fourth-order valence-electron chi connectivity index (χ4n) is 5.36. The SMILES string of the molecule is N/C(=N\N=N\CI)c1cccc(NC(=O)C(Cc2ccc(C(=O)NCCC(=O)O)cc2)c2ccc(C3CCCCC3)cc2)c1. The molecule has 1 saturated carbocycles. The summed E-state index contributed by atoms with van der Waals surface area (Å²) in [4.78, 5) is 37.0. The van der Waals surface area contributed by atoms with Crippen LogP contribution in [-0.4, -0.2) is 39.8 Å². The summed E-state index contributed by atoms with van der Waals surface area (Å²) in [6.07, 6.45) is 6.45. The van der Waals surface area contributed by atoms with Crippen LogP contribution in [0.4, 0.5) is 5.69 Å². The van der Waals surface area contributed by atoms with E-state index in [0.717, 1.165) is 11.1 Å². The van der Waals surface area contributed by atoms with E-state index in [0.29, 0.717) is 33.7 Å². The lowest BCUT2D eigenvalue weighted by molar-refractivity contribution is -0.136. The highest BCUT2D eigenvalue weighted by Crippen LogP contribution is 2.34. The van der Waals surface area contributed by atoms with Crippen LogP contribution in [0.5, 0.6) is 0 Å². The van der Waals surface area contributed by atoms with Gasteiger partial charge in [0.2, 0.25) is 5.91 Å². The summed E-state index contributed by atoms with van der Waals surface area (Å²) in [5.74, 6) is -1.25. The Kier molecular flexibility index (Phi) is 12.4. The van der Waals surface area contributed by atoms with E-state index >= 15 is 0 Å². The minimum Gasteiger partial charge on any atom is -0.481 e. The molecule has 1 unspecified atom stereocenters. The lowest BCUT2D eigenvalue weighted by Crippen LogP contribution is -2.26. The summed E-state index contributed by atoms with van der Waals surface area (Å²) in [5.41, 5.74) is 10.8. The number of amidine groups is 1. The second-order valence-corrected chi connectivity index (χ2v) is 11.4. The Morgan fingerprint density at radius 3 is 2.36 bits per heavy atom. The molecule has 3 aromatic rings. The summed E-state index contributed by atoms with van der Waals surface area (Å²) >= 11 is 2.06. The molecule has 3 aromatic carbocycles. The lowest BCUT2D eigenvalue weighted by atomic mass is 9.83. The van der Waals surface area contributed by atoms with E-state index < -0.39 is 11.9 Å².